The van der Waals surface area contributed by atoms with E-state index in [1.54, 1.807) is 4.90 Å². The molecule has 1 unspecified atom stereocenters. The number of hydrogen-bond acceptors (Lipinski definition) is 4. The highest BCUT2D eigenvalue weighted by Crippen LogP contribution is 2.27. The third-order valence-electron chi connectivity index (χ3n) is 3.86. The molecule has 2 rings (SSSR count). The molecule has 1 aromatic rings. The van der Waals surface area contributed by atoms with Crippen molar-refractivity contribution in [2.45, 2.75) is 56.9 Å². The van der Waals surface area contributed by atoms with Crippen LogP contribution in [0.25, 0.3) is 0 Å². The van der Waals surface area contributed by atoms with E-state index in [4.69, 9.17) is 15.1 Å². The topological polar surface area (TPSA) is 67.6 Å². The standard InChI is InChI=1S/C14H20ClNO4S/c1-3-6-11-7-4-5-8-16(11)14(17)12-9-13(10(2)20-12)21(15,18)19/h9,11H,3-8H2,1-2H3. The number of aryl methyl sites for hydroxylation is 1. The largest absolute Gasteiger partial charge is 0.455 e. The van der Waals surface area contributed by atoms with Gasteiger partial charge < -0.3 is 9.32 Å². The van der Waals surface area contributed by atoms with E-state index in [2.05, 4.69) is 6.92 Å². The maximum Gasteiger partial charge on any atom is 0.289 e. The summed E-state index contributed by atoms with van der Waals surface area (Å²) in [6.07, 6.45) is 5.03. The number of amides is 1. The first kappa shape index (κ1) is 16.4. The molecule has 1 aliphatic heterocycles. The quantitative estimate of drug-likeness (QED) is 0.793. The van der Waals surface area contributed by atoms with Crippen molar-refractivity contribution in [2.75, 3.05) is 6.54 Å². The van der Waals surface area contributed by atoms with E-state index in [0.717, 1.165) is 32.1 Å². The van der Waals surface area contributed by atoms with E-state index in [1.165, 1.54) is 13.0 Å². The fourth-order valence-electron chi connectivity index (χ4n) is 2.86. The molecule has 0 saturated carbocycles. The molecule has 0 N–H and O–H groups in total. The molecule has 118 valence electrons. The Morgan fingerprint density at radius 2 is 2.19 bits per heavy atom. The summed E-state index contributed by atoms with van der Waals surface area (Å²) in [5.41, 5.74) is 0. The van der Waals surface area contributed by atoms with Crippen molar-refractivity contribution in [1.29, 1.82) is 0 Å². The molecule has 1 atom stereocenters. The molecule has 0 spiro atoms. The molecule has 2 heterocycles. The first-order valence-electron chi connectivity index (χ1n) is 7.20. The number of furan rings is 1. The maximum absolute atomic E-state index is 12.6. The van der Waals surface area contributed by atoms with Gasteiger partial charge in [0.05, 0.1) is 0 Å². The number of carbonyl (C=O) groups excluding carboxylic acids is 1. The Morgan fingerprint density at radius 3 is 2.76 bits per heavy atom. The van der Waals surface area contributed by atoms with Crippen LogP contribution in [-0.4, -0.2) is 31.8 Å². The van der Waals surface area contributed by atoms with Gasteiger partial charge in [0, 0.05) is 29.3 Å². The molecule has 0 aliphatic carbocycles. The third kappa shape index (κ3) is 3.61. The molecule has 5 nitrogen and oxygen atoms in total. The lowest BCUT2D eigenvalue weighted by molar-refractivity contribution is 0.0567. The Kier molecular flexibility index (Phi) is 4.99. The van der Waals surface area contributed by atoms with Crippen molar-refractivity contribution in [3.05, 3.63) is 17.6 Å². The van der Waals surface area contributed by atoms with Crippen LogP contribution in [0.2, 0.25) is 0 Å². The van der Waals surface area contributed by atoms with Crippen LogP contribution in [0.15, 0.2) is 15.4 Å². The van der Waals surface area contributed by atoms with Crippen molar-refractivity contribution in [3.8, 4) is 0 Å². The zero-order valence-electron chi connectivity index (χ0n) is 12.3. The van der Waals surface area contributed by atoms with Gasteiger partial charge in [0.15, 0.2) is 5.76 Å². The van der Waals surface area contributed by atoms with E-state index >= 15 is 0 Å². The normalized spacial score (nSPS) is 19.8. The fourth-order valence-corrected chi connectivity index (χ4v) is 3.95. The van der Waals surface area contributed by atoms with Crippen molar-refractivity contribution < 1.29 is 17.6 Å². The van der Waals surface area contributed by atoms with Crippen molar-refractivity contribution in [1.82, 2.24) is 4.90 Å². The van der Waals surface area contributed by atoms with Gasteiger partial charge in [-0.3, -0.25) is 4.79 Å². The summed E-state index contributed by atoms with van der Waals surface area (Å²) < 4.78 is 28.2. The summed E-state index contributed by atoms with van der Waals surface area (Å²) in [5.74, 6) is -0.0463. The van der Waals surface area contributed by atoms with E-state index in [-0.39, 0.29) is 28.4 Å². The lowest BCUT2D eigenvalue weighted by Gasteiger charge is -2.35. The molecule has 0 radical (unpaired) electrons. The molecule has 1 saturated heterocycles. The Balaban J connectivity index is 2.27. The van der Waals surface area contributed by atoms with Crippen LogP contribution in [0, 0.1) is 6.92 Å². The van der Waals surface area contributed by atoms with Gasteiger partial charge in [0.2, 0.25) is 0 Å². The Morgan fingerprint density at radius 1 is 1.48 bits per heavy atom. The summed E-state index contributed by atoms with van der Waals surface area (Å²) in [4.78, 5) is 14.2. The van der Waals surface area contributed by atoms with Gasteiger partial charge in [-0.1, -0.05) is 13.3 Å². The molecule has 21 heavy (non-hydrogen) atoms. The summed E-state index contributed by atoms with van der Waals surface area (Å²) in [6, 6.07) is 1.44. The van der Waals surface area contributed by atoms with Crippen molar-refractivity contribution in [2.24, 2.45) is 0 Å². The Bertz CT molecular complexity index is 621. The monoisotopic (exact) mass is 333 g/mol. The molecular weight excluding hydrogens is 314 g/mol. The van der Waals surface area contributed by atoms with Gasteiger partial charge in [-0.2, -0.15) is 0 Å². The second-order valence-electron chi connectivity index (χ2n) is 5.41. The number of nitrogens with zero attached hydrogens (tertiary/aromatic N) is 1. The lowest BCUT2D eigenvalue weighted by Crippen LogP contribution is -2.43. The highest BCUT2D eigenvalue weighted by atomic mass is 35.7. The van der Waals surface area contributed by atoms with E-state index in [1.807, 2.05) is 0 Å². The van der Waals surface area contributed by atoms with Crippen LogP contribution in [-0.2, 0) is 9.05 Å². The van der Waals surface area contributed by atoms with E-state index < -0.39 is 9.05 Å². The van der Waals surface area contributed by atoms with Gasteiger partial charge in [0.1, 0.15) is 10.7 Å². The van der Waals surface area contributed by atoms with Crippen LogP contribution < -0.4 is 0 Å². The smallest absolute Gasteiger partial charge is 0.289 e. The minimum atomic E-state index is -3.89. The van der Waals surface area contributed by atoms with Gasteiger partial charge >= 0.3 is 0 Å². The number of likely N-dealkylation sites (tertiary alicyclic amines) is 1. The number of piperidine rings is 1. The zero-order valence-corrected chi connectivity index (χ0v) is 13.8. The van der Waals surface area contributed by atoms with Gasteiger partial charge in [0.25, 0.3) is 15.0 Å². The molecule has 1 amide bonds. The van der Waals surface area contributed by atoms with Gasteiger partial charge in [-0.25, -0.2) is 8.42 Å². The lowest BCUT2D eigenvalue weighted by atomic mass is 9.98. The second kappa shape index (κ2) is 6.40. The third-order valence-corrected chi connectivity index (χ3v) is 5.28. The number of hydrogen-bond donors (Lipinski definition) is 0. The van der Waals surface area contributed by atoms with Gasteiger partial charge in [-0.05, 0) is 32.6 Å². The Hall–Kier alpha value is -1.01. The molecule has 1 fully saturated rings. The zero-order chi connectivity index (χ0) is 15.6. The summed E-state index contributed by atoms with van der Waals surface area (Å²) in [7, 11) is 1.44. The second-order valence-corrected chi connectivity index (χ2v) is 7.94. The van der Waals surface area contributed by atoms with Crippen LogP contribution in [0.3, 0.4) is 0 Å². The minimum absolute atomic E-state index is 0.0507. The first-order valence-corrected chi connectivity index (χ1v) is 9.51. The summed E-state index contributed by atoms with van der Waals surface area (Å²) in [5, 5.41) is 0. The van der Waals surface area contributed by atoms with Crippen LogP contribution in [0.5, 0.6) is 0 Å². The molecular formula is C14H20ClNO4S. The molecule has 7 heteroatoms. The predicted molar refractivity (Wildman–Crippen MR) is 80.1 cm³/mol. The molecule has 1 aliphatic rings. The van der Waals surface area contributed by atoms with Crippen LogP contribution in [0.1, 0.15) is 55.3 Å². The van der Waals surface area contributed by atoms with Crippen LogP contribution >= 0.6 is 10.7 Å². The maximum atomic E-state index is 12.6. The SMILES string of the molecule is CCCC1CCCCN1C(=O)c1cc(S(=O)(=O)Cl)c(C)o1. The first-order chi connectivity index (χ1) is 9.84. The predicted octanol–water partition coefficient (Wildman–Crippen LogP) is 3.31. The molecule has 0 aromatic carbocycles. The van der Waals surface area contributed by atoms with Crippen molar-refractivity contribution >= 4 is 25.6 Å². The van der Waals surface area contributed by atoms with E-state index in [0.29, 0.717) is 6.54 Å². The molecule has 0 bridgehead atoms. The summed E-state index contributed by atoms with van der Waals surface area (Å²) in [6.45, 7) is 4.27. The fraction of sp³-hybridized carbons (Fsp3) is 0.643. The highest BCUT2D eigenvalue weighted by Gasteiger charge is 2.30. The molecule has 1 aromatic heterocycles. The minimum Gasteiger partial charge on any atom is -0.455 e. The highest BCUT2D eigenvalue weighted by molar-refractivity contribution is 8.13. The number of carbonyl (C=O) groups is 1. The van der Waals surface area contributed by atoms with Crippen molar-refractivity contribution in [3.63, 3.8) is 0 Å². The average Bonchev–Trinajstić information content (AvgIpc) is 2.81. The van der Waals surface area contributed by atoms with Gasteiger partial charge in [-0.15, -0.1) is 0 Å². The average molecular weight is 334 g/mol. The van der Waals surface area contributed by atoms with E-state index in [9.17, 15) is 13.2 Å². The number of rotatable bonds is 4. The van der Waals surface area contributed by atoms with Crippen LogP contribution in [0.4, 0.5) is 0 Å². The summed E-state index contributed by atoms with van der Waals surface area (Å²) >= 11 is 0. The Labute approximate surface area is 129 Å². The number of halogens is 1.